The third kappa shape index (κ3) is 46.2. The highest BCUT2D eigenvalue weighted by atomic mass is 32.9. The predicted octanol–water partition coefficient (Wildman–Crippen LogP) is -1.17. The lowest BCUT2D eigenvalue weighted by atomic mass is 10.7. The lowest BCUT2D eigenvalue weighted by Gasteiger charge is -1.73. The Morgan fingerprint density at radius 2 is 1.18 bits per heavy atom. The van der Waals surface area contributed by atoms with Crippen molar-refractivity contribution in [1.82, 2.24) is 0 Å². The van der Waals surface area contributed by atoms with Gasteiger partial charge in [-0.1, -0.05) is 0 Å². The Hall–Kier alpha value is -0.770. The van der Waals surface area contributed by atoms with Gasteiger partial charge in [0.05, 0.1) is 0 Å². The molecule has 0 atom stereocenters. The van der Waals surface area contributed by atoms with Gasteiger partial charge in [0.25, 0.3) is 9.05 Å². The minimum absolute atomic E-state index is 1.82. The van der Waals surface area contributed by atoms with E-state index in [1.54, 1.807) is 0 Å². The molecule has 7 nitrogen and oxygen atoms in total. The van der Waals surface area contributed by atoms with Crippen LogP contribution in [0.5, 0.6) is 0 Å². The van der Waals surface area contributed by atoms with Gasteiger partial charge in [-0.25, -0.2) is 9.59 Å². The molecule has 0 aromatic rings. The molecule has 0 aliphatic carbocycles. The smallest absolute Gasteiger partial charge is 0.414 e. The maximum absolute atomic E-state index is 9.11. The fourth-order valence-corrected chi connectivity index (χ4v) is 0. The summed E-state index contributed by atoms with van der Waals surface area (Å²) in [7, 11) is -3.83. The lowest BCUT2D eigenvalue weighted by molar-refractivity contribution is -0.159. The molecule has 0 spiro atoms. The molecule has 0 aromatic heterocycles. The summed E-state index contributed by atoms with van der Waals surface area (Å²) in [5, 5.41) is 14.8. The molecule has 9 heteroatoms. The second-order valence-corrected chi connectivity index (χ2v) is 3.26. The van der Waals surface area contributed by atoms with Crippen molar-refractivity contribution < 1.29 is 33.1 Å². The Morgan fingerprint density at radius 3 is 1.18 bits per heavy atom. The fourth-order valence-electron chi connectivity index (χ4n) is 0. The molecule has 0 rings (SSSR count). The molecule has 0 fully saturated rings. The van der Waals surface area contributed by atoms with Crippen molar-refractivity contribution in [2.24, 2.45) is 0 Å². The standard InChI is InChI=1S/C2H2O4.H2O3S2/c3-1(4)2(5)6;1-5(2,3)4/h(H,3,4)(H,5,6);(H2,1,2,3,4). The highest BCUT2D eigenvalue weighted by molar-refractivity contribution is 8.26. The first-order valence-corrected chi connectivity index (χ1v) is 4.20. The number of aliphatic carboxylic acids is 2. The molecule has 0 amide bonds. The molecule has 0 heterocycles. The quantitative estimate of drug-likeness (QED) is 0.363. The van der Waals surface area contributed by atoms with Crippen LogP contribution in [0.15, 0.2) is 0 Å². The molecule has 66 valence electrons. The third-order valence-corrected chi connectivity index (χ3v) is 0.183. The van der Waals surface area contributed by atoms with Gasteiger partial charge in [-0.3, -0.25) is 9.11 Å². The Kier molecular flexibility index (Phi) is 5.80. The minimum atomic E-state index is -3.83. The van der Waals surface area contributed by atoms with E-state index in [-0.39, 0.29) is 0 Å². The number of hydrogen-bond donors (Lipinski definition) is 4. The molecule has 0 bridgehead atoms. The monoisotopic (exact) mass is 204 g/mol. The number of carboxylic acids is 2. The highest BCUT2D eigenvalue weighted by Gasteiger charge is 2.04. The maximum atomic E-state index is 9.11. The molecular weight excluding hydrogens is 200 g/mol. The molecule has 0 aromatic carbocycles. The Morgan fingerprint density at radius 1 is 1.09 bits per heavy atom. The topological polar surface area (TPSA) is 132 Å². The van der Waals surface area contributed by atoms with E-state index in [2.05, 4.69) is 11.2 Å². The molecule has 0 aliphatic heterocycles. The summed E-state index contributed by atoms with van der Waals surface area (Å²) in [6.07, 6.45) is 0. The zero-order valence-electron chi connectivity index (χ0n) is 4.83. The van der Waals surface area contributed by atoms with Gasteiger partial charge in [-0.2, -0.15) is 4.21 Å². The molecule has 0 aliphatic rings. The normalized spacial score (nSPS) is 9.27. The summed E-state index contributed by atoms with van der Waals surface area (Å²) < 4.78 is 24.0. The van der Waals surface area contributed by atoms with Crippen LogP contribution in [0.2, 0.25) is 0 Å². The van der Waals surface area contributed by atoms with Crippen LogP contribution in [0, 0.1) is 0 Å². The first-order chi connectivity index (χ1) is 4.64. The van der Waals surface area contributed by atoms with Crippen LogP contribution >= 0.6 is 0 Å². The predicted molar refractivity (Wildman–Crippen MR) is 36.0 cm³/mol. The Labute approximate surface area is 66.0 Å². The van der Waals surface area contributed by atoms with Crippen LogP contribution in [-0.2, 0) is 29.8 Å². The van der Waals surface area contributed by atoms with Crippen molar-refractivity contribution in [3.05, 3.63) is 0 Å². The van der Waals surface area contributed by atoms with Gasteiger partial charge in [0.15, 0.2) is 0 Å². The van der Waals surface area contributed by atoms with Gasteiger partial charge in [0, 0.05) is 11.2 Å². The summed E-state index contributed by atoms with van der Waals surface area (Å²) in [4.78, 5) is 18.2. The fraction of sp³-hybridized carbons (Fsp3) is 0. The van der Waals surface area contributed by atoms with Crippen molar-refractivity contribution in [2.45, 2.75) is 0 Å². The SMILES string of the molecule is O=C(O)C(=O)O.O=S(O)(O)=S. The summed E-state index contributed by atoms with van der Waals surface area (Å²) in [6, 6.07) is 0. The van der Waals surface area contributed by atoms with E-state index in [9.17, 15) is 0 Å². The van der Waals surface area contributed by atoms with Gasteiger partial charge >= 0.3 is 11.9 Å². The zero-order chi connectivity index (χ0) is 9.65. The van der Waals surface area contributed by atoms with Crippen molar-refractivity contribution in [2.75, 3.05) is 0 Å². The minimum Gasteiger partial charge on any atom is -0.473 e. The average Bonchev–Trinajstić information content (AvgIpc) is 1.59. The van der Waals surface area contributed by atoms with Crippen molar-refractivity contribution in [3.8, 4) is 0 Å². The lowest BCUT2D eigenvalue weighted by Crippen LogP contribution is -2.09. The average molecular weight is 204 g/mol. The number of carbonyl (C=O) groups is 2. The van der Waals surface area contributed by atoms with E-state index in [1.807, 2.05) is 0 Å². The van der Waals surface area contributed by atoms with Gasteiger partial charge < -0.3 is 10.2 Å². The van der Waals surface area contributed by atoms with Crippen LogP contribution in [0.25, 0.3) is 0 Å². The largest absolute Gasteiger partial charge is 0.473 e. The molecule has 0 saturated heterocycles. The zero-order valence-corrected chi connectivity index (χ0v) is 6.46. The third-order valence-electron chi connectivity index (χ3n) is 0.183. The van der Waals surface area contributed by atoms with E-state index >= 15 is 0 Å². The highest BCUT2D eigenvalue weighted by Crippen LogP contribution is 1.62. The van der Waals surface area contributed by atoms with Crippen LogP contribution < -0.4 is 0 Å². The van der Waals surface area contributed by atoms with E-state index in [0.717, 1.165) is 0 Å². The van der Waals surface area contributed by atoms with E-state index in [0.29, 0.717) is 0 Å². The van der Waals surface area contributed by atoms with Crippen LogP contribution in [0.3, 0.4) is 0 Å². The second-order valence-electron chi connectivity index (χ2n) is 1.06. The molecule has 0 saturated carbocycles. The summed E-state index contributed by atoms with van der Waals surface area (Å²) >= 11 is 3.47. The van der Waals surface area contributed by atoms with Crippen molar-refractivity contribution in [3.63, 3.8) is 0 Å². The Bertz CT molecular complexity index is 217. The van der Waals surface area contributed by atoms with Gasteiger partial charge in [-0.15, -0.1) is 0 Å². The molecule has 0 unspecified atom stereocenters. The van der Waals surface area contributed by atoms with Crippen LogP contribution in [0.1, 0.15) is 0 Å². The summed E-state index contributed by atoms with van der Waals surface area (Å²) in [6.45, 7) is 0. The maximum Gasteiger partial charge on any atom is 0.414 e. The molecule has 11 heavy (non-hydrogen) atoms. The second kappa shape index (κ2) is 4.96. The van der Waals surface area contributed by atoms with Gasteiger partial charge in [0.2, 0.25) is 0 Å². The number of carboxylic acid groups (broad SMARTS) is 2. The first kappa shape index (κ1) is 12.9. The molecular formula is C2H4O7S2. The molecule has 4 N–H and O–H groups in total. The van der Waals surface area contributed by atoms with E-state index in [4.69, 9.17) is 33.1 Å². The van der Waals surface area contributed by atoms with Gasteiger partial charge in [-0.05, 0) is 0 Å². The number of hydrogen-bond acceptors (Lipinski definition) is 4. The van der Waals surface area contributed by atoms with Crippen LogP contribution in [0.4, 0.5) is 0 Å². The van der Waals surface area contributed by atoms with Crippen molar-refractivity contribution in [1.29, 1.82) is 0 Å². The Balaban J connectivity index is 0. The molecule has 0 radical (unpaired) electrons. The first-order valence-electron chi connectivity index (χ1n) is 1.80. The van der Waals surface area contributed by atoms with Crippen molar-refractivity contribution >= 4 is 32.2 Å². The van der Waals surface area contributed by atoms with E-state index < -0.39 is 21.0 Å². The van der Waals surface area contributed by atoms with Crippen LogP contribution in [-0.4, -0.2) is 35.5 Å². The van der Waals surface area contributed by atoms with Gasteiger partial charge in [0.1, 0.15) is 0 Å². The summed E-state index contributed by atoms with van der Waals surface area (Å²) in [5.41, 5.74) is 0. The van der Waals surface area contributed by atoms with E-state index in [1.165, 1.54) is 0 Å². The number of rotatable bonds is 0. The summed E-state index contributed by atoms with van der Waals surface area (Å²) in [5.74, 6) is -3.65.